The van der Waals surface area contributed by atoms with Crippen molar-refractivity contribution < 1.29 is 19.0 Å². The highest BCUT2D eigenvalue weighted by Gasteiger charge is 2.43. The van der Waals surface area contributed by atoms with E-state index in [0.717, 1.165) is 32.8 Å². The first-order chi connectivity index (χ1) is 17.8. The maximum atomic E-state index is 13.0. The van der Waals surface area contributed by atoms with Gasteiger partial charge in [0.15, 0.2) is 11.5 Å². The van der Waals surface area contributed by atoms with Crippen LogP contribution in [0.2, 0.25) is 0 Å². The van der Waals surface area contributed by atoms with Crippen molar-refractivity contribution in [1.29, 1.82) is 0 Å². The van der Waals surface area contributed by atoms with E-state index in [4.69, 9.17) is 19.2 Å². The third kappa shape index (κ3) is 4.44. The number of methoxy groups -OCH3 is 3. The number of nitrogens with one attached hydrogen (secondary N) is 1. The van der Waals surface area contributed by atoms with Crippen LogP contribution in [0.25, 0.3) is 15.8 Å². The second-order valence-electron chi connectivity index (χ2n) is 9.65. The van der Waals surface area contributed by atoms with Crippen molar-refractivity contribution in [2.45, 2.75) is 38.6 Å². The molecule has 0 saturated carbocycles. The largest absolute Gasteiger partial charge is 0.493 e. The normalized spacial score (nSPS) is 21.2. The van der Waals surface area contributed by atoms with Crippen LogP contribution in [0, 0.1) is 12.8 Å². The van der Waals surface area contributed by atoms with Crippen molar-refractivity contribution >= 4 is 39.4 Å². The fourth-order valence-corrected chi connectivity index (χ4v) is 6.54. The van der Waals surface area contributed by atoms with Gasteiger partial charge in [0.05, 0.1) is 38.3 Å². The zero-order valence-electron chi connectivity index (χ0n) is 21.9. The Labute approximate surface area is 221 Å². The molecule has 0 spiro atoms. The van der Waals surface area contributed by atoms with Crippen molar-refractivity contribution in [1.82, 2.24) is 9.97 Å². The van der Waals surface area contributed by atoms with Crippen LogP contribution in [0.1, 0.15) is 37.2 Å². The number of hydrogen-bond acceptors (Lipinski definition) is 8. The van der Waals surface area contributed by atoms with E-state index in [1.807, 2.05) is 44.2 Å². The molecule has 192 valence electrons. The molecule has 1 N–H and O–H groups in total. The van der Waals surface area contributed by atoms with Crippen molar-refractivity contribution in [3.8, 4) is 11.5 Å². The summed E-state index contributed by atoms with van der Waals surface area (Å²) in [6, 6.07) is 11.9. The first-order valence-corrected chi connectivity index (χ1v) is 13.1. The molecule has 2 bridgehead atoms. The number of allylic oxidation sites excluding steroid dienone is 2. The van der Waals surface area contributed by atoms with Gasteiger partial charge in [0.25, 0.3) is 0 Å². The number of hydrogen-bond donors (Lipinski definition) is 1. The fraction of sp³-hybridized carbons (Fsp3) is 0.345. The van der Waals surface area contributed by atoms with Crippen LogP contribution in [-0.2, 0) is 14.9 Å². The van der Waals surface area contributed by atoms with Gasteiger partial charge in [0, 0.05) is 21.3 Å². The Bertz CT molecular complexity index is 1450. The van der Waals surface area contributed by atoms with E-state index in [1.54, 1.807) is 26.0 Å². The number of benzene rings is 2. The van der Waals surface area contributed by atoms with E-state index in [-0.39, 0.29) is 17.9 Å². The number of carbonyl (C=O) groups excluding carboxylic acids is 1. The Morgan fingerprint density at radius 2 is 1.84 bits per heavy atom. The monoisotopic (exact) mass is 517 g/mol. The van der Waals surface area contributed by atoms with E-state index >= 15 is 0 Å². The number of nitrogens with zero attached hydrogens (tertiary/aromatic N) is 2. The second-order valence-corrected chi connectivity index (χ2v) is 10.8. The number of anilines is 1. The van der Waals surface area contributed by atoms with Gasteiger partial charge in [0.2, 0.25) is 0 Å². The second kappa shape index (κ2) is 9.74. The highest BCUT2D eigenvalue weighted by molar-refractivity contribution is 8.11. The minimum atomic E-state index is -0.729. The van der Waals surface area contributed by atoms with Crippen molar-refractivity contribution in [2.75, 3.05) is 26.6 Å². The Kier molecular flexibility index (Phi) is 6.62. The van der Waals surface area contributed by atoms with Crippen LogP contribution < -0.4 is 14.8 Å². The standard InChI is InChI=1S/C29H31N3O4S/c1-16(30-27-20-13-23(34-4)24(35-5)14-22(20)31-17(2)32-27)25-11-18-12-26(37-25)19-9-7-8-10-21(19)29(3,15-18)28(33)36-6/h7-14,16,18H,15H2,1-6H3,(H,30,31,32). The fourth-order valence-electron chi connectivity index (χ4n) is 5.28. The van der Waals surface area contributed by atoms with Crippen molar-refractivity contribution in [2.24, 2.45) is 5.92 Å². The smallest absolute Gasteiger partial charge is 0.316 e. The molecule has 1 aliphatic carbocycles. The van der Waals surface area contributed by atoms with Gasteiger partial charge in [-0.3, -0.25) is 4.79 Å². The summed E-state index contributed by atoms with van der Waals surface area (Å²) in [5.74, 6) is 2.54. The lowest BCUT2D eigenvalue weighted by Crippen LogP contribution is -2.35. The van der Waals surface area contributed by atoms with E-state index < -0.39 is 5.41 Å². The molecule has 2 aromatic carbocycles. The summed E-state index contributed by atoms with van der Waals surface area (Å²) in [5.41, 5.74) is 2.15. The predicted molar refractivity (Wildman–Crippen MR) is 148 cm³/mol. The van der Waals surface area contributed by atoms with Gasteiger partial charge < -0.3 is 19.5 Å². The van der Waals surface area contributed by atoms with Gasteiger partial charge in [-0.1, -0.05) is 48.2 Å². The molecular formula is C29H31N3O4S. The van der Waals surface area contributed by atoms with Crippen LogP contribution in [0.15, 0.2) is 53.5 Å². The maximum Gasteiger partial charge on any atom is 0.316 e. The van der Waals surface area contributed by atoms with Crippen LogP contribution in [0.3, 0.4) is 0 Å². The molecule has 1 aliphatic heterocycles. The van der Waals surface area contributed by atoms with E-state index in [1.165, 1.54) is 12.0 Å². The lowest BCUT2D eigenvalue weighted by atomic mass is 9.75. The van der Waals surface area contributed by atoms with E-state index in [2.05, 4.69) is 35.4 Å². The summed E-state index contributed by atoms with van der Waals surface area (Å²) < 4.78 is 16.3. The number of thioether (sulfide) groups is 1. The highest BCUT2D eigenvalue weighted by Crippen LogP contribution is 2.50. The molecular weight excluding hydrogens is 486 g/mol. The highest BCUT2D eigenvalue weighted by atomic mass is 32.2. The van der Waals surface area contributed by atoms with E-state index in [0.29, 0.717) is 23.7 Å². The van der Waals surface area contributed by atoms with Crippen molar-refractivity contribution in [3.63, 3.8) is 0 Å². The summed E-state index contributed by atoms with van der Waals surface area (Å²) >= 11 is 1.73. The van der Waals surface area contributed by atoms with Crippen LogP contribution >= 0.6 is 11.8 Å². The quantitative estimate of drug-likeness (QED) is 0.406. The summed E-state index contributed by atoms with van der Waals surface area (Å²) in [6.45, 7) is 6.00. The first kappa shape index (κ1) is 25.1. The Hall–Kier alpha value is -3.52. The third-order valence-electron chi connectivity index (χ3n) is 7.13. The summed E-state index contributed by atoms with van der Waals surface area (Å²) in [7, 11) is 4.70. The van der Waals surface area contributed by atoms with Crippen LogP contribution in [0.5, 0.6) is 11.5 Å². The molecule has 5 rings (SSSR count). The number of aromatic nitrogens is 2. The zero-order valence-corrected chi connectivity index (χ0v) is 22.7. The zero-order chi connectivity index (χ0) is 26.3. The van der Waals surface area contributed by atoms with Crippen LogP contribution in [-0.4, -0.2) is 43.3 Å². The molecule has 8 heteroatoms. The SMILES string of the molecule is COC(=O)C1(C)CC2C=C(SC(C(C)Nc3nc(C)nc4cc(OC)c(OC)cc34)=C2)c2ccccc21. The Morgan fingerprint density at radius 3 is 2.57 bits per heavy atom. The number of carbonyl (C=O) groups is 1. The van der Waals surface area contributed by atoms with E-state index in [9.17, 15) is 4.79 Å². The molecule has 0 radical (unpaired) electrons. The molecule has 2 heterocycles. The minimum absolute atomic E-state index is 0.0311. The molecule has 3 atom stereocenters. The lowest BCUT2D eigenvalue weighted by Gasteiger charge is -2.29. The van der Waals surface area contributed by atoms with Crippen molar-refractivity contribution in [3.05, 3.63) is 70.4 Å². The molecule has 3 unspecified atom stereocenters. The Morgan fingerprint density at radius 1 is 1.11 bits per heavy atom. The number of esters is 1. The molecule has 7 nitrogen and oxygen atoms in total. The minimum Gasteiger partial charge on any atom is -0.493 e. The Balaban J connectivity index is 1.51. The molecule has 2 aliphatic rings. The predicted octanol–water partition coefficient (Wildman–Crippen LogP) is 5.88. The van der Waals surface area contributed by atoms with Gasteiger partial charge in [-0.05, 0) is 50.3 Å². The summed E-state index contributed by atoms with van der Waals surface area (Å²) in [6.07, 6.45) is 5.18. The lowest BCUT2D eigenvalue weighted by molar-refractivity contribution is -0.147. The third-order valence-corrected chi connectivity index (χ3v) is 8.43. The van der Waals surface area contributed by atoms with Gasteiger partial charge >= 0.3 is 5.97 Å². The number of aryl methyl sites for hydroxylation is 1. The topological polar surface area (TPSA) is 82.6 Å². The maximum absolute atomic E-state index is 13.0. The first-order valence-electron chi connectivity index (χ1n) is 12.2. The molecule has 37 heavy (non-hydrogen) atoms. The van der Waals surface area contributed by atoms with Crippen LogP contribution in [0.4, 0.5) is 5.82 Å². The summed E-state index contributed by atoms with van der Waals surface area (Å²) in [5, 5.41) is 4.48. The molecule has 0 fully saturated rings. The average Bonchev–Trinajstić information content (AvgIpc) is 2.99. The van der Waals surface area contributed by atoms with Gasteiger partial charge in [-0.25, -0.2) is 9.97 Å². The number of fused-ring (bicyclic) bond motifs is 4. The molecule has 1 aromatic heterocycles. The van der Waals surface area contributed by atoms with Gasteiger partial charge in [-0.2, -0.15) is 0 Å². The molecule has 3 aromatic rings. The molecule has 0 saturated heterocycles. The number of ether oxygens (including phenoxy) is 3. The number of rotatable bonds is 6. The van der Waals surface area contributed by atoms with Gasteiger partial charge in [-0.15, -0.1) is 0 Å². The summed E-state index contributed by atoms with van der Waals surface area (Å²) in [4.78, 5) is 24.6. The molecule has 0 amide bonds. The van der Waals surface area contributed by atoms with Gasteiger partial charge in [0.1, 0.15) is 11.6 Å². The average molecular weight is 518 g/mol.